The zero-order chi connectivity index (χ0) is 12.3. The van der Waals surface area contributed by atoms with Gasteiger partial charge in [-0.15, -0.1) is 5.10 Å². The topological polar surface area (TPSA) is 80.2 Å². The minimum absolute atomic E-state index is 0.240. The van der Waals surface area contributed by atoms with E-state index in [1.807, 2.05) is 43.3 Å². The Labute approximate surface area is 99.4 Å². The van der Waals surface area contributed by atoms with Crippen LogP contribution in [0.5, 0.6) is 0 Å². The fraction of sp³-hybridized carbons (Fsp3) is 0.273. The lowest BCUT2D eigenvalue weighted by Gasteiger charge is -2.16. The number of nitrogens with zero attached hydrogens (tertiary/aromatic N) is 3. The molecule has 0 unspecified atom stereocenters. The van der Waals surface area contributed by atoms with Crippen molar-refractivity contribution in [3.63, 3.8) is 0 Å². The van der Waals surface area contributed by atoms with Gasteiger partial charge in [-0.3, -0.25) is 0 Å². The molecule has 6 heteroatoms. The fourth-order valence-corrected chi connectivity index (χ4v) is 1.47. The van der Waals surface area contributed by atoms with Crippen molar-refractivity contribution >= 4 is 17.4 Å². The van der Waals surface area contributed by atoms with Crippen molar-refractivity contribution in [2.24, 2.45) is 5.73 Å². The van der Waals surface area contributed by atoms with E-state index in [1.165, 1.54) is 0 Å². The summed E-state index contributed by atoms with van der Waals surface area (Å²) in [4.78, 5) is 2.00. The third-order valence-electron chi connectivity index (χ3n) is 2.27. The highest BCUT2D eigenvalue weighted by molar-refractivity contribution is 5.72. The molecule has 0 aliphatic carbocycles. The number of benzene rings is 1. The summed E-state index contributed by atoms with van der Waals surface area (Å²) in [6.45, 7) is 0.240. The van der Waals surface area contributed by atoms with E-state index in [4.69, 9.17) is 10.2 Å². The van der Waals surface area contributed by atoms with Gasteiger partial charge in [0.15, 0.2) is 0 Å². The maximum absolute atomic E-state index is 5.40. The van der Waals surface area contributed by atoms with Gasteiger partial charge in [0.1, 0.15) is 0 Å². The van der Waals surface area contributed by atoms with E-state index in [0.29, 0.717) is 11.9 Å². The zero-order valence-electron chi connectivity index (χ0n) is 9.84. The molecule has 0 spiro atoms. The van der Waals surface area contributed by atoms with E-state index < -0.39 is 0 Å². The molecule has 6 nitrogen and oxygen atoms in total. The number of anilines is 3. The van der Waals surface area contributed by atoms with Crippen molar-refractivity contribution in [2.75, 3.05) is 24.3 Å². The summed E-state index contributed by atoms with van der Waals surface area (Å²) in [5.41, 5.74) is 7.35. The van der Waals surface area contributed by atoms with Crippen molar-refractivity contribution in [3.8, 4) is 0 Å². The van der Waals surface area contributed by atoms with Gasteiger partial charge in [0.05, 0.1) is 17.9 Å². The molecule has 0 bridgehead atoms. The molecule has 3 N–H and O–H groups in total. The monoisotopic (exact) mass is 233 g/mol. The SMILES string of the molecule is CN(C)c1ccccc1Nc1nnc(CN)o1. The lowest BCUT2D eigenvalue weighted by molar-refractivity contribution is 0.511. The number of para-hydroxylation sites is 2. The second-order valence-electron chi connectivity index (χ2n) is 3.74. The van der Waals surface area contributed by atoms with Gasteiger partial charge >= 0.3 is 6.01 Å². The maximum atomic E-state index is 5.40. The second-order valence-corrected chi connectivity index (χ2v) is 3.74. The molecule has 17 heavy (non-hydrogen) atoms. The lowest BCUT2D eigenvalue weighted by Crippen LogP contribution is -2.10. The summed E-state index contributed by atoms with van der Waals surface area (Å²) < 4.78 is 5.29. The van der Waals surface area contributed by atoms with Crippen molar-refractivity contribution in [1.29, 1.82) is 0 Å². The number of nitrogens with one attached hydrogen (secondary N) is 1. The molecular formula is C11H15N5O. The lowest BCUT2D eigenvalue weighted by atomic mass is 10.2. The molecule has 0 aliphatic heterocycles. The number of hydrogen-bond acceptors (Lipinski definition) is 6. The summed E-state index contributed by atoms with van der Waals surface area (Å²) in [7, 11) is 3.94. The van der Waals surface area contributed by atoms with Gasteiger partial charge < -0.3 is 20.4 Å². The first kappa shape index (κ1) is 11.4. The van der Waals surface area contributed by atoms with Crippen LogP contribution in [0.25, 0.3) is 0 Å². The Morgan fingerprint density at radius 1 is 1.29 bits per heavy atom. The third kappa shape index (κ3) is 2.54. The third-order valence-corrected chi connectivity index (χ3v) is 2.27. The summed E-state index contributed by atoms with van der Waals surface area (Å²) in [6, 6.07) is 8.21. The average molecular weight is 233 g/mol. The van der Waals surface area contributed by atoms with Crippen molar-refractivity contribution in [1.82, 2.24) is 10.2 Å². The van der Waals surface area contributed by atoms with Gasteiger partial charge in [-0.05, 0) is 12.1 Å². The first-order valence-corrected chi connectivity index (χ1v) is 5.26. The molecule has 0 saturated carbocycles. The largest absolute Gasteiger partial charge is 0.406 e. The number of aromatic nitrogens is 2. The zero-order valence-corrected chi connectivity index (χ0v) is 9.84. The number of nitrogens with two attached hydrogens (primary N) is 1. The van der Waals surface area contributed by atoms with Crippen LogP contribution < -0.4 is 16.0 Å². The van der Waals surface area contributed by atoms with Gasteiger partial charge in [0.25, 0.3) is 0 Å². The maximum Gasteiger partial charge on any atom is 0.320 e. The molecule has 0 aliphatic rings. The van der Waals surface area contributed by atoms with Crippen LogP contribution in [0.15, 0.2) is 28.7 Å². The highest BCUT2D eigenvalue weighted by Crippen LogP contribution is 2.26. The van der Waals surface area contributed by atoms with Crippen LogP contribution in [0.4, 0.5) is 17.4 Å². The first-order valence-electron chi connectivity index (χ1n) is 5.26. The minimum atomic E-state index is 0.240. The summed E-state index contributed by atoms with van der Waals surface area (Å²) in [6.07, 6.45) is 0. The Hall–Kier alpha value is -2.08. The smallest absolute Gasteiger partial charge is 0.320 e. The Morgan fingerprint density at radius 2 is 2.06 bits per heavy atom. The molecule has 1 heterocycles. The normalized spacial score (nSPS) is 10.3. The van der Waals surface area contributed by atoms with E-state index >= 15 is 0 Å². The van der Waals surface area contributed by atoms with E-state index in [2.05, 4.69) is 15.5 Å². The molecule has 1 aromatic carbocycles. The van der Waals surface area contributed by atoms with Gasteiger partial charge in [-0.2, -0.15) is 0 Å². The second kappa shape index (κ2) is 4.84. The van der Waals surface area contributed by atoms with Crippen molar-refractivity contribution < 1.29 is 4.42 Å². The Balaban J connectivity index is 2.23. The molecule has 0 radical (unpaired) electrons. The summed E-state index contributed by atoms with van der Waals surface area (Å²) in [5, 5.41) is 10.7. The molecule has 0 saturated heterocycles. The van der Waals surface area contributed by atoms with Crippen LogP contribution in [0, 0.1) is 0 Å². The molecule has 0 atom stereocenters. The van der Waals surface area contributed by atoms with Crippen molar-refractivity contribution in [3.05, 3.63) is 30.2 Å². The Morgan fingerprint density at radius 3 is 2.71 bits per heavy atom. The Kier molecular flexibility index (Phi) is 3.24. The molecular weight excluding hydrogens is 218 g/mol. The van der Waals surface area contributed by atoms with Crippen molar-refractivity contribution in [2.45, 2.75) is 6.54 Å². The van der Waals surface area contributed by atoms with Gasteiger partial charge in [-0.1, -0.05) is 17.2 Å². The van der Waals surface area contributed by atoms with Crippen LogP contribution in [0.1, 0.15) is 5.89 Å². The van der Waals surface area contributed by atoms with Gasteiger partial charge in [0.2, 0.25) is 5.89 Å². The Bertz CT molecular complexity index is 494. The summed E-state index contributed by atoms with van der Waals surface area (Å²) >= 11 is 0. The van der Waals surface area contributed by atoms with E-state index in [0.717, 1.165) is 11.4 Å². The van der Waals surface area contributed by atoms with Crippen LogP contribution in [0.3, 0.4) is 0 Å². The summed E-state index contributed by atoms with van der Waals surface area (Å²) in [5.74, 6) is 0.412. The van der Waals surface area contributed by atoms with Crippen LogP contribution in [-0.2, 0) is 6.54 Å². The molecule has 2 aromatic rings. The number of rotatable bonds is 4. The predicted molar refractivity (Wildman–Crippen MR) is 66.2 cm³/mol. The predicted octanol–water partition coefficient (Wildman–Crippen LogP) is 1.34. The molecule has 1 aromatic heterocycles. The fourth-order valence-electron chi connectivity index (χ4n) is 1.47. The van der Waals surface area contributed by atoms with E-state index in [9.17, 15) is 0 Å². The van der Waals surface area contributed by atoms with Gasteiger partial charge in [-0.25, -0.2) is 0 Å². The highest BCUT2D eigenvalue weighted by atomic mass is 16.4. The highest BCUT2D eigenvalue weighted by Gasteiger charge is 2.08. The molecule has 2 rings (SSSR count). The first-order chi connectivity index (χ1) is 8.20. The van der Waals surface area contributed by atoms with E-state index in [1.54, 1.807) is 0 Å². The standard InChI is InChI=1S/C11H15N5O/c1-16(2)9-6-4-3-5-8(9)13-11-15-14-10(7-12)17-11/h3-6H,7,12H2,1-2H3,(H,13,15). The number of hydrogen-bond donors (Lipinski definition) is 2. The quantitative estimate of drug-likeness (QED) is 0.829. The average Bonchev–Trinajstić information content (AvgIpc) is 2.77. The van der Waals surface area contributed by atoms with Crippen LogP contribution in [-0.4, -0.2) is 24.3 Å². The van der Waals surface area contributed by atoms with E-state index in [-0.39, 0.29) is 6.54 Å². The van der Waals surface area contributed by atoms with Crippen LogP contribution >= 0.6 is 0 Å². The molecule has 0 fully saturated rings. The van der Waals surface area contributed by atoms with Gasteiger partial charge in [0, 0.05) is 14.1 Å². The molecule has 0 amide bonds. The van der Waals surface area contributed by atoms with Crippen LogP contribution in [0.2, 0.25) is 0 Å². The molecule has 90 valence electrons. The minimum Gasteiger partial charge on any atom is -0.406 e.